The van der Waals surface area contributed by atoms with E-state index in [0.29, 0.717) is 10.8 Å². The van der Waals surface area contributed by atoms with Crippen molar-refractivity contribution in [2.24, 2.45) is 35.5 Å². The topological polar surface area (TPSA) is 6.48 Å². The fourth-order valence-electron chi connectivity index (χ4n) is 14.9. The van der Waals surface area contributed by atoms with E-state index in [0.717, 1.165) is 35.5 Å². The maximum absolute atomic E-state index is 2.77. The van der Waals surface area contributed by atoms with Crippen molar-refractivity contribution in [1.82, 2.24) is 0 Å². The molecular weight excluding hydrogens is 556 g/mol. The second kappa shape index (κ2) is 10.1. The molecule has 0 amide bonds. The third kappa shape index (κ3) is 4.13. The summed E-state index contributed by atoms with van der Waals surface area (Å²) < 4.78 is 0. The minimum Gasteiger partial charge on any atom is -0.372 e. The number of piperidine rings is 2. The third-order valence-corrected chi connectivity index (χ3v) is 15.7. The zero-order valence-electron chi connectivity index (χ0n) is 28.4. The molecule has 0 N–H and O–H groups in total. The van der Waals surface area contributed by atoms with Crippen LogP contribution < -0.4 is 9.80 Å². The maximum Gasteiger partial charge on any atom is 0.0372 e. The minimum atomic E-state index is 0.387. The Kier molecular flexibility index (Phi) is 6.11. The highest BCUT2D eigenvalue weighted by Gasteiger charge is 2.55. The van der Waals surface area contributed by atoms with Gasteiger partial charge in [-0.05, 0) is 219 Å². The lowest BCUT2D eigenvalue weighted by Crippen LogP contribution is -2.49. The van der Waals surface area contributed by atoms with Crippen molar-refractivity contribution < 1.29 is 0 Å². The minimum absolute atomic E-state index is 0.387. The summed E-state index contributed by atoms with van der Waals surface area (Å²) in [6, 6.07) is 16.1. The average Bonchev–Trinajstić information content (AvgIpc) is 3.06. The molecular formula is C44H56N2. The predicted octanol–water partition coefficient (Wildman–Crippen LogP) is 10.9. The van der Waals surface area contributed by atoms with Crippen LogP contribution >= 0.6 is 0 Å². The zero-order valence-corrected chi connectivity index (χ0v) is 28.4. The van der Waals surface area contributed by atoms with Crippen molar-refractivity contribution >= 4 is 32.9 Å². The smallest absolute Gasteiger partial charge is 0.0372 e. The summed E-state index contributed by atoms with van der Waals surface area (Å²) >= 11 is 0. The first-order valence-electron chi connectivity index (χ1n) is 20.2. The Labute approximate surface area is 277 Å². The van der Waals surface area contributed by atoms with E-state index in [1.807, 2.05) is 11.1 Å². The molecule has 8 bridgehead atoms. The van der Waals surface area contributed by atoms with E-state index in [9.17, 15) is 0 Å². The van der Waals surface area contributed by atoms with E-state index in [4.69, 9.17) is 0 Å². The predicted molar refractivity (Wildman–Crippen MR) is 193 cm³/mol. The molecule has 2 nitrogen and oxygen atoms in total. The maximum atomic E-state index is 2.77. The number of rotatable bonds is 4. The first-order valence-corrected chi connectivity index (χ1v) is 20.2. The van der Waals surface area contributed by atoms with Crippen LogP contribution in [0.4, 0.5) is 11.4 Å². The SMILES string of the molecule is c1cc2c(C34CC5CC(CC(C5)C3)C4)c3cc(N4CCCCC4)ccc3c(C34CC5CC(CC(C5)C3)C4)c2cc1N1CCCCC1. The lowest BCUT2D eigenvalue weighted by atomic mass is 9.46. The summed E-state index contributed by atoms with van der Waals surface area (Å²) in [4.78, 5) is 5.50. The Hall–Kier alpha value is -2.22. The molecule has 10 fully saturated rings. The molecule has 0 spiro atoms. The van der Waals surface area contributed by atoms with Crippen molar-refractivity contribution in [3.63, 3.8) is 0 Å². The molecule has 46 heavy (non-hydrogen) atoms. The van der Waals surface area contributed by atoms with Crippen LogP contribution in [0.5, 0.6) is 0 Å². The molecule has 10 aliphatic rings. The molecule has 0 aromatic heterocycles. The molecule has 13 rings (SSSR count). The van der Waals surface area contributed by atoms with Crippen molar-refractivity contribution in [3.8, 4) is 0 Å². The molecule has 8 saturated carbocycles. The van der Waals surface area contributed by atoms with Crippen LogP contribution in [0.15, 0.2) is 36.4 Å². The van der Waals surface area contributed by atoms with Crippen molar-refractivity contribution in [2.75, 3.05) is 36.0 Å². The van der Waals surface area contributed by atoms with Crippen LogP contribution in [0.25, 0.3) is 21.5 Å². The summed E-state index contributed by atoms with van der Waals surface area (Å²) in [7, 11) is 0. The lowest BCUT2D eigenvalue weighted by molar-refractivity contribution is -0.00493. The van der Waals surface area contributed by atoms with E-state index in [1.165, 1.54) is 153 Å². The van der Waals surface area contributed by atoms with Gasteiger partial charge in [0.25, 0.3) is 0 Å². The Balaban J connectivity index is 1.20. The number of hydrogen-bond acceptors (Lipinski definition) is 2. The molecule has 3 aromatic rings. The van der Waals surface area contributed by atoms with E-state index in [2.05, 4.69) is 46.2 Å². The largest absolute Gasteiger partial charge is 0.372 e. The lowest BCUT2D eigenvalue weighted by Gasteiger charge is -2.59. The van der Waals surface area contributed by atoms with Gasteiger partial charge in [0.1, 0.15) is 0 Å². The number of anilines is 2. The van der Waals surface area contributed by atoms with E-state index in [1.54, 1.807) is 21.5 Å². The molecule has 0 atom stereocenters. The summed E-state index contributed by atoms with van der Waals surface area (Å²) in [5, 5.41) is 6.79. The van der Waals surface area contributed by atoms with Crippen LogP contribution in [0.3, 0.4) is 0 Å². The van der Waals surface area contributed by atoms with Crippen LogP contribution in [0.2, 0.25) is 0 Å². The quantitative estimate of drug-likeness (QED) is 0.271. The molecule has 2 saturated heterocycles. The fourth-order valence-corrected chi connectivity index (χ4v) is 14.9. The summed E-state index contributed by atoms with van der Waals surface area (Å²) in [5.74, 6) is 5.82. The molecule has 8 aliphatic carbocycles. The van der Waals surface area contributed by atoms with Crippen LogP contribution in [-0.4, -0.2) is 26.2 Å². The Morgan fingerprint density at radius 2 is 0.717 bits per heavy atom. The normalized spacial score (nSPS) is 39.7. The average molecular weight is 613 g/mol. The summed E-state index contributed by atoms with van der Waals surface area (Å²) in [6.07, 6.45) is 26.2. The second-order valence-corrected chi connectivity index (χ2v) is 18.7. The Morgan fingerprint density at radius 1 is 0.391 bits per heavy atom. The molecule has 2 aliphatic heterocycles. The van der Waals surface area contributed by atoms with Gasteiger partial charge >= 0.3 is 0 Å². The van der Waals surface area contributed by atoms with E-state index in [-0.39, 0.29) is 0 Å². The summed E-state index contributed by atoms with van der Waals surface area (Å²) in [5.41, 5.74) is 7.48. The second-order valence-electron chi connectivity index (χ2n) is 18.7. The highest BCUT2D eigenvalue weighted by atomic mass is 15.1. The molecule has 0 unspecified atom stereocenters. The van der Waals surface area contributed by atoms with Gasteiger partial charge in [0.2, 0.25) is 0 Å². The Morgan fingerprint density at radius 3 is 1.04 bits per heavy atom. The van der Waals surface area contributed by atoms with Crippen molar-refractivity contribution in [2.45, 2.75) is 126 Å². The fraction of sp³-hybridized carbons (Fsp3) is 0.682. The summed E-state index contributed by atoms with van der Waals surface area (Å²) in [6.45, 7) is 4.97. The first kappa shape index (κ1) is 27.7. The van der Waals surface area contributed by atoms with Crippen LogP contribution in [0.1, 0.15) is 127 Å². The first-order chi connectivity index (χ1) is 22.6. The van der Waals surface area contributed by atoms with Gasteiger partial charge in [0.05, 0.1) is 0 Å². The van der Waals surface area contributed by atoms with E-state index >= 15 is 0 Å². The molecule has 2 heteroatoms. The van der Waals surface area contributed by atoms with E-state index < -0.39 is 0 Å². The van der Waals surface area contributed by atoms with Gasteiger partial charge in [-0.1, -0.05) is 12.1 Å². The highest BCUT2D eigenvalue weighted by Crippen LogP contribution is 2.66. The van der Waals surface area contributed by atoms with Crippen LogP contribution in [0, 0.1) is 35.5 Å². The van der Waals surface area contributed by atoms with Gasteiger partial charge in [0, 0.05) is 37.6 Å². The van der Waals surface area contributed by atoms with Gasteiger partial charge in [-0.3, -0.25) is 0 Å². The van der Waals surface area contributed by atoms with Crippen molar-refractivity contribution in [1.29, 1.82) is 0 Å². The van der Waals surface area contributed by atoms with Gasteiger partial charge in [0.15, 0.2) is 0 Å². The molecule has 242 valence electrons. The Bertz CT molecular complexity index is 1490. The van der Waals surface area contributed by atoms with Gasteiger partial charge < -0.3 is 9.80 Å². The number of fused-ring (bicyclic) bond motifs is 2. The van der Waals surface area contributed by atoms with Gasteiger partial charge in [-0.2, -0.15) is 0 Å². The highest BCUT2D eigenvalue weighted by molar-refractivity contribution is 6.09. The number of hydrogen-bond donors (Lipinski definition) is 0. The molecule has 0 radical (unpaired) electrons. The standard InChI is InChI=1S/C44H56N2/c1-3-11-45(12-4-1)35-7-9-37-39(21-35)41(43-23-29-15-30(24-43)17-31(16-29)25-43)38-10-8-36(46-13-5-2-6-14-46)22-40(38)42(37)44-26-32-18-33(27-44)20-34(19-32)28-44/h7-10,21-22,29-34H,1-6,11-20,23-28H2. The molecule has 2 heterocycles. The van der Waals surface area contributed by atoms with Gasteiger partial charge in [-0.25, -0.2) is 0 Å². The third-order valence-electron chi connectivity index (χ3n) is 15.7. The number of nitrogens with zero attached hydrogens (tertiary/aromatic N) is 2. The van der Waals surface area contributed by atoms with Crippen molar-refractivity contribution in [3.05, 3.63) is 47.5 Å². The molecule has 3 aromatic carbocycles. The number of benzene rings is 3. The van der Waals surface area contributed by atoms with Crippen LogP contribution in [-0.2, 0) is 10.8 Å². The van der Waals surface area contributed by atoms with Gasteiger partial charge in [-0.15, -0.1) is 0 Å². The zero-order chi connectivity index (χ0) is 30.0. The monoisotopic (exact) mass is 612 g/mol.